The van der Waals surface area contributed by atoms with Crippen LogP contribution in [-0.4, -0.2) is 35.7 Å². The maximum atomic E-state index is 9.18. The molecule has 2 nitrogen and oxygen atoms in total. The van der Waals surface area contributed by atoms with Gasteiger partial charge in [0.15, 0.2) is 0 Å². The number of aliphatic hydroxyl groups excluding tert-OH is 1. The monoisotopic (exact) mass is 199 g/mol. The van der Waals surface area contributed by atoms with Gasteiger partial charge in [-0.2, -0.15) is 0 Å². The predicted molar refractivity (Wildman–Crippen MR) is 60.4 cm³/mol. The molecule has 0 bridgehead atoms. The predicted octanol–water partition coefficient (Wildman–Crippen LogP) is 2.27. The molecule has 0 amide bonds. The van der Waals surface area contributed by atoms with Crippen LogP contribution in [0.4, 0.5) is 0 Å². The number of rotatable bonds is 3. The highest BCUT2D eigenvalue weighted by Crippen LogP contribution is 2.46. The lowest BCUT2D eigenvalue weighted by Gasteiger charge is -2.25. The summed E-state index contributed by atoms with van der Waals surface area (Å²) in [6.45, 7) is 9.10. The van der Waals surface area contributed by atoms with Crippen molar-refractivity contribution in [2.75, 3.05) is 19.7 Å². The van der Waals surface area contributed by atoms with Crippen molar-refractivity contribution < 1.29 is 5.11 Å². The first-order chi connectivity index (χ1) is 6.76. The molecular weight excluding hydrogens is 174 g/mol. The smallest absolute Gasteiger partial charge is 0.0499 e. The van der Waals surface area contributed by atoms with E-state index in [4.69, 9.17) is 0 Å². The molecule has 0 aromatic heterocycles. The van der Waals surface area contributed by atoms with Gasteiger partial charge in [0.1, 0.15) is 0 Å². The molecule has 1 N–H and O–H groups in total. The molecule has 0 aromatic rings. The van der Waals surface area contributed by atoms with Gasteiger partial charge < -0.3 is 10.0 Å². The standard InChI is InChI=1S/C10H19NO.C2H6/c1-9-3-2-6-11(9)7-10(8-12)4-5-10;1-2/h9,12H,2-8H2,1H3;1-2H3/t9-;/m0./s1. The second-order valence-electron chi connectivity index (χ2n) is 4.62. The number of hydrogen-bond acceptors (Lipinski definition) is 2. The first-order valence-electron chi connectivity index (χ1n) is 6.11. The summed E-state index contributed by atoms with van der Waals surface area (Å²) >= 11 is 0. The SMILES string of the molecule is CC.C[C@H]1CCCN1CC1(CO)CC1. The Morgan fingerprint density at radius 2 is 2.00 bits per heavy atom. The Kier molecular flexibility index (Phi) is 4.39. The van der Waals surface area contributed by atoms with Crippen LogP contribution in [0.3, 0.4) is 0 Å². The summed E-state index contributed by atoms with van der Waals surface area (Å²) in [5, 5.41) is 9.18. The van der Waals surface area contributed by atoms with E-state index in [2.05, 4.69) is 11.8 Å². The third-order valence-corrected chi connectivity index (χ3v) is 3.52. The summed E-state index contributed by atoms with van der Waals surface area (Å²) in [5.41, 5.74) is 0.318. The molecule has 1 saturated carbocycles. The zero-order valence-electron chi connectivity index (χ0n) is 9.92. The van der Waals surface area contributed by atoms with E-state index < -0.39 is 0 Å². The zero-order valence-corrected chi connectivity index (χ0v) is 9.92. The third kappa shape index (κ3) is 2.71. The van der Waals surface area contributed by atoms with Crippen molar-refractivity contribution in [2.45, 2.75) is 52.5 Å². The summed E-state index contributed by atoms with van der Waals surface area (Å²) < 4.78 is 0. The van der Waals surface area contributed by atoms with E-state index in [1.54, 1.807) is 0 Å². The van der Waals surface area contributed by atoms with Crippen LogP contribution in [0.15, 0.2) is 0 Å². The highest BCUT2D eigenvalue weighted by Gasteiger charge is 2.44. The fourth-order valence-electron chi connectivity index (χ4n) is 2.20. The van der Waals surface area contributed by atoms with E-state index in [1.807, 2.05) is 13.8 Å². The van der Waals surface area contributed by atoms with Crippen molar-refractivity contribution in [2.24, 2.45) is 5.41 Å². The molecule has 0 unspecified atom stereocenters. The molecule has 2 aliphatic rings. The second kappa shape index (κ2) is 5.13. The van der Waals surface area contributed by atoms with Gasteiger partial charge in [-0.1, -0.05) is 13.8 Å². The Hall–Kier alpha value is -0.0800. The van der Waals surface area contributed by atoms with Crippen LogP contribution in [-0.2, 0) is 0 Å². The Morgan fingerprint density at radius 3 is 2.36 bits per heavy atom. The van der Waals surface area contributed by atoms with E-state index in [-0.39, 0.29) is 0 Å². The molecule has 1 aliphatic heterocycles. The minimum absolute atomic E-state index is 0.318. The quantitative estimate of drug-likeness (QED) is 0.753. The van der Waals surface area contributed by atoms with Crippen LogP contribution in [0.25, 0.3) is 0 Å². The largest absolute Gasteiger partial charge is 0.396 e. The molecule has 14 heavy (non-hydrogen) atoms. The highest BCUT2D eigenvalue weighted by molar-refractivity contribution is 4.96. The van der Waals surface area contributed by atoms with Crippen molar-refractivity contribution in [1.29, 1.82) is 0 Å². The minimum atomic E-state index is 0.318. The molecule has 1 atom stereocenters. The lowest BCUT2D eigenvalue weighted by Crippen LogP contribution is -2.34. The van der Waals surface area contributed by atoms with E-state index in [0.717, 1.165) is 12.6 Å². The molecule has 1 heterocycles. The maximum Gasteiger partial charge on any atom is 0.0499 e. The van der Waals surface area contributed by atoms with Crippen LogP contribution in [0.1, 0.15) is 46.5 Å². The number of aliphatic hydroxyl groups is 1. The number of likely N-dealkylation sites (tertiary alicyclic amines) is 1. The topological polar surface area (TPSA) is 23.5 Å². The van der Waals surface area contributed by atoms with Crippen LogP contribution < -0.4 is 0 Å². The zero-order chi connectivity index (χ0) is 10.6. The Labute approximate surface area is 88.3 Å². The summed E-state index contributed by atoms with van der Waals surface area (Å²) in [4.78, 5) is 2.54. The average Bonchev–Trinajstić information content (AvgIpc) is 2.90. The van der Waals surface area contributed by atoms with Crippen molar-refractivity contribution >= 4 is 0 Å². The maximum absolute atomic E-state index is 9.18. The number of hydrogen-bond donors (Lipinski definition) is 1. The first kappa shape index (κ1) is 12.0. The van der Waals surface area contributed by atoms with Gasteiger partial charge >= 0.3 is 0 Å². The van der Waals surface area contributed by atoms with E-state index in [1.165, 1.54) is 32.2 Å². The van der Waals surface area contributed by atoms with Crippen LogP contribution in [0.2, 0.25) is 0 Å². The fraction of sp³-hybridized carbons (Fsp3) is 1.00. The van der Waals surface area contributed by atoms with Crippen LogP contribution in [0, 0.1) is 5.41 Å². The molecule has 0 radical (unpaired) electrons. The second-order valence-corrected chi connectivity index (χ2v) is 4.62. The summed E-state index contributed by atoms with van der Waals surface area (Å²) in [6, 6.07) is 0.758. The molecule has 1 aliphatic carbocycles. The van der Waals surface area contributed by atoms with E-state index in [0.29, 0.717) is 12.0 Å². The molecule has 2 fully saturated rings. The van der Waals surface area contributed by atoms with Gasteiger partial charge in [0.2, 0.25) is 0 Å². The molecule has 1 saturated heterocycles. The van der Waals surface area contributed by atoms with Gasteiger partial charge in [0, 0.05) is 24.6 Å². The highest BCUT2D eigenvalue weighted by atomic mass is 16.3. The average molecular weight is 199 g/mol. The van der Waals surface area contributed by atoms with Crippen molar-refractivity contribution in [3.8, 4) is 0 Å². The Bertz CT molecular complexity index is 166. The summed E-state index contributed by atoms with van der Waals surface area (Å²) in [7, 11) is 0. The summed E-state index contributed by atoms with van der Waals surface area (Å²) in [5.74, 6) is 0. The van der Waals surface area contributed by atoms with Crippen molar-refractivity contribution in [3.05, 3.63) is 0 Å². The molecular formula is C12H25NO. The molecule has 2 heteroatoms. The van der Waals surface area contributed by atoms with Gasteiger partial charge in [-0.3, -0.25) is 0 Å². The van der Waals surface area contributed by atoms with E-state index in [9.17, 15) is 5.11 Å². The van der Waals surface area contributed by atoms with Gasteiger partial charge in [-0.05, 0) is 39.2 Å². The van der Waals surface area contributed by atoms with Gasteiger partial charge in [0.25, 0.3) is 0 Å². The van der Waals surface area contributed by atoms with Gasteiger partial charge in [0.05, 0.1) is 0 Å². The van der Waals surface area contributed by atoms with E-state index >= 15 is 0 Å². The normalized spacial score (nSPS) is 29.6. The van der Waals surface area contributed by atoms with Crippen LogP contribution in [0.5, 0.6) is 0 Å². The fourth-order valence-corrected chi connectivity index (χ4v) is 2.20. The summed E-state index contributed by atoms with van der Waals surface area (Å²) in [6.07, 6.45) is 5.18. The van der Waals surface area contributed by atoms with Gasteiger partial charge in [-0.25, -0.2) is 0 Å². The number of nitrogens with zero attached hydrogens (tertiary/aromatic N) is 1. The van der Waals surface area contributed by atoms with Gasteiger partial charge in [-0.15, -0.1) is 0 Å². The lowest BCUT2D eigenvalue weighted by atomic mass is 10.1. The van der Waals surface area contributed by atoms with Crippen molar-refractivity contribution in [1.82, 2.24) is 4.90 Å². The molecule has 2 rings (SSSR count). The van der Waals surface area contributed by atoms with Crippen molar-refractivity contribution in [3.63, 3.8) is 0 Å². The molecule has 84 valence electrons. The van der Waals surface area contributed by atoms with Crippen LogP contribution >= 0.6 is 0 Å². The lowest BCUT2D eigenvalue weighted by molar-refractivity contribution is 0.145. The third-order valence-electron chi connectivity index (χ3n) is 3.52. The Balaban J connectivity index is 0.000000461. The molecule has 0 aromatic carbocycles. The first-order valence-corrected chi connectivity index (χ1v) is 6.11. The minimum Gasteiger partial charge on any atom is -0.396 e. The molecule has 0 spiro atoms. The Morgan fingerprint density at radius 1 is 1.36 bits per heavy atom.